The fourth-order valence-electron chi connectivity index (χ4n) is 3.55. The first-order valence-electron chi connectivity index (χ1n) is 10.0. The Morgan fingerprint density at radius 1 is 1.06 bits per heavy atom. The number of nitrogens with one attached hydrogen (secondary N) is 2. The summed E-state index contributed by atoms with van der Waals surface area (Å²) in [7, 11) is -3.86. The summed E-state index contributed by atoms with van der Waals surface area (Å²) in [4.78, 5) is 37.5. The molecule has 0 aliphatic carbocycles. The first-order chi connectivity index (χ1) is 15.4. The number of nitrogens with zero attached hydrogens (tertiary/aromatic N) is 2. The summed E-state index contributed by atoms with van der Waals surface area (Å²) < 4.78 is 32.7. The molecule has 4 rings (SSSR count). The largest absolute Gasteiger partial charge is 0.379 e. The highest BCUT2D eigenvalue weighted by molar-refractivity contribution is 7.89. The summed E-state index contributed by atoms with van der Waals surface area (Å²) in [6.07, 6.45) is 0. The van der Waals surface area contributed by atoms with Crippen LogP contribution in [-0.4, -0.2) is 68.3 Å². The van der Waals surface area contributed by atoms with Crippen LogP contribution in [0.5, 0.6) is 0 Å². The van der Waals surface area contributed by atoms with Crippen LogP contribution in [-0.2, 0) is 26.1 Å². The molecule has 2 N–H and O–H groups in total. The number of rotatable bonds is 6. The maximum absolute atomic E-state index is 13.1. The molecule has 0 aromatic heterocycles. The molecule has 0 radical (unpaired) electrons. The van der Waals surface area contributed by atoms with Crippen LogP contribution in [0.1, 0.15) is 15.9 Å². The average Bonchev–Trinajstić information content (AvgIpc) is 3.12. The highest BCUT2D eigenvalue weighted by atomic mass is 32.2. The number of hydrogen-bond acceptors (Lipinski definition) is 6. The van der Waals surface area contributed by atoms with Crippen LogP contribution in [0, 0.1) is 0 Å². The quantitative estimate of drug-likeness (QED) is 0.623. The zero-order valence-electron chi connectivity index (χ0n) is 17.1. The lowest BCUT2D eigenvalue weighted by molar-refractivity contribution is -0.125. The molecule has 2 aliphatic rings. The number of ether oxygens (including phenoxy) is 1. The maximum Gasteiger partial charge on any atom is 0.324 e. The highest BCUT2D eigenvalue weighted by Crippen LogP contribution is 2.23. The van der Waals surface area contributed by atoms with Gasteiger partial charge in [-0.15, -0.1) is 0 Å². The summed E-state index contributed by atoms with van der Waals surface area (Å²) in [5, 5.41) is 5.17. The van der Waals surface area contributed by atoms with Gasteiger partial charge in [-0.3, -0.25) is 14.5 Å². The number of carbonyl (C=O) groups is 3. The Morgan fingerprint density at radius 3 is 2.53 bits per heavy atom. The number of benzene rings is 2. The van der Waals surface area contributed by atoms with E-state index in [1.54, 1.807) is 36.4 Å². The van der Waals surface area contributed by atoms with E-state index in [9.17, 15) is 22.8 Å². The van der Waals surface area contributed by atoms with E-state index in [4.69, 9.17) is 4.74 Å². The number of hydrogen-bond donors (Lipinski definition) is 2. The normalized spacial score (nSPS) is 17.3. The van der Waals surface area contributed by atoms with E-state index < -0.39 is 22.0 Å². The van der Waals surface area contributed by atoms with Crippen LogP contribution < -0.4 is 10.6 Å². The van der Waals surface area contributed by atoms with Gasteiger partial charge in [-0.2, -0.15) is 4.31 Å². The molecule has 32 heavy (non-hydrogen) atoms. The third-order valence-electron chi connectivity index (χ3n) is 5.18. The fraction of sp³-hybridized carbons (Fsp3) is 0.286. The number of amides is 4. The smallest absolute Gasteiger partial charge is 0.324 e. The third-order valence-corrected chi connectivity index (χ3v) is 7.14. The number of imide groups is 1. The van der Waals surface area contributed by atoms with Crippen molar-refractivity contribution in [3.05, 3.63) is 59.7 Å². The number of anilines is 1. The molecule has 2 aromatic rings. The molecule has 11 heteroatoms. The van der Waals surface area contributed by atoms with E-state index >= 15 is 0 Å². The van der Waals surface area contributed by atoms with Gasteiger partial charge in [0.15, 0.2) is 0 Å². The second-order valence-corrected chi connectivity index (χ2v) is 9.21. The molecule has 2 fully saturated rings. The second-order valence-electron chi connectivity index (χ2n) is 7.31. The molecule has 0 atom stereocenters. The van der Waals surface area contributed by atoms with E-state index in [2.05, 4.69) is 10.6 Å². The van der Waals surface area contributed by atoms with Gasteiger partial charge < -0.3 is 15.4 Å². The van der Waals surface area contributed by atoms with Gasteiger partial charge in [-0.05, 0) is 29.8 Å². The van der Waals surface area contributed by atoms with Crippen molar-refractivity contribution in [2.75, 3.05) is 38.2 Å². The first kappa shape index (κ1) is 21.9. The third kappa shape index (κ3) is 4.49. The van der Waals surface area contributed by atoms with Gasteiger partial charge in [-0.25, -0.2) is 13.2 Å². The molecule has 2 aliphatic heterocycles. The molecular formula is C21H22N4O6S. The van der Waals surface area contributed by atoms with Gasteiger partial charge in [-0.1, -0.05) is 24.3 Å². The molecule has 2 aromatic carbocycles. The lowest BCUT2D eigenvalue weighted by Gasteiger charge is -2.26. The summed E-state index contributed by atoms with van der Waals surface area (Å²) in [6, 6.07) is 12.3. The molecule has 4 amide bonds. The molecular weight excluding hydrogens is 436 g/mol. The summed E-state index contributed by atoms with van der Waals surface area (Å²) in [5.74, 6) is -0.906. The fourth-order valence-corrected chi connectivity index (χ4v) is 5.15. The highest BCUT2D eigenvalue weighted by Gasteiger charge is 2.30. The average molecular weight is 458 g/mol. The van der Waals surface area contributed by atoms with Gasteiger partial charge in [0.25, 0.3) is 5.91 Å². The Labute approximate surface area is 185 Å². The Bertz CT molecular complexity index is 1140. The molecule has 2 saturated heterocycles. The Hall–Kier alpha value is -3.28. The van der Waals surface area contributed by atoms with E-state index in [-0.39, 0.29) is 42.5 Å². The van der Waals surface area contributed by atoms with Crippen LogP contribution >= 0.6 is 0 Å². The lowest BCUT2D eigenvalue weighted by Crippen LogP contribution is -2.41. The standard InChI is InChI=1S/C21H22N4O6S/c26-19-13-22-21(28)25(19)14-15-4-3-5-16(12-15)23-20(27)17-6-1-2-7-18(17)32(29,30)24-8-10-31-11-9-24/h1-7,12H,8-11,13-14H2,(H,22,28)(H,23,27). The van der Waals surface area contributed by atoms with Crippen molar-refractivity contribution in [2.24, 2.45) is 0 Å². The Morgan fingerprint density at radius 2 is 1.81 bits per heavy atom. The van der Waals surface area contributed by atoms with Crippen molar-refractivity contribution in [1.82, 2.24) is 14.5 Å². The molecule has 0 saturated carbocycles. The van der Waals surface area contributed by atoms with Crippen LogP contribution in [0.25, 0.3) is 0 Å². The Kier molecular flexibility index (Phi) is 6.21. The van der Waals surface area contributed by atoms with Crippen LogP contribution in [0.15, 0.2) is 53.4 Å². The maximum atomic E-state index is 13.1. The minimum atomic E-state index is -3.86. The predicted octanol–water partition coefficient (Wildman–Crippen LogP) is 1.01. The number of carbonyl (C=O) groups excluding carboxylic acids is 3. The monoisotopic (exact) mass is 458 g/mol. The van der Waals surface area contributed by atoms with Crippen LogP contribution in [0.2, 0.25) is 0 Å². The number of morpholine rings is 1. The predicted molar refractivity (Wildman–Crippen MR) is 114 cm³/mol. The van der Waals surface area contributed by atoms with Crippen LogP contribution in [0.3, 0.4) is 0 Å². The van der Waals surface area contributed by atoms with Gasteiger partial charge in [0.05, 0.1) is 36.8 Å². The Balaban J connectivity index is 1.54. The minimum Gasteiger partial charge on any atom is -0.379 e. The van der Waals surface area contributed by atoms with E-state index in [1.807, 2.05) is 0 Å². The second kappa shape index (κ2) is 9.07. The lowest BCUT2D eigenvalue weighted by atomic mass is 10.1. The van der Waals surface area contributed by atoms with Crippen molar-refractivity contribution >= 4 is 33.6 Å². The molecule has 0 unspecified atom stereocenters. The summed E-state index contributed by atoms with van der Waals surface area (Å²) in [6.45, 7) is 1.09. The van der Waals surface area contributed by atoms with Crippen molar-refractivity contribution in [3.63, 3.8) is 0 Å². The van der Waals surface area contributed by atoms with Gasteiger partial charge >= 0.3 is 6.03 Å². The van der Waals surface area contributed by atoms with Crippen LogP contribution in [0.4, 0.5) is 10.5 Å². The summed E-state index contributed by atoms with van der Waals surface area (Å²) >= 11 is 0. The van der Waals surface area contributed by atoms with Crippen molar-refractivity contribution in [3.8, 4) is 0 Å². The molecule has 0 spiro atoms. The van der Waals surface area contributed by atoms with Gasteiger partial charge in [0.1, 0.15) is 0 Å². The van der Waals surface area contributed by atoms with Gasteiger partial charge in [0.2, 0.25) is 15.9 Å². The zero-order valence-corrected chi connectivity index (χ0v) is 17.9. The summed E-state index contributed by atoms with van der Waals surface area (Å²) in [5.41, 5.74) is 1.08. The van der Waals surface area contributed by atoms with E-state index in [0.717, 1.165) is 4.90 Å². The molecule has 10 nitrogen and oxygen atoms in total. The SMILES string of the molecule is O=C(Nc1cccc(CN2C(=O)CNC2=O)c1)c1ccccc1S(=O)(=O)N1CCOCC1. The van der Waals surface area contributed by atoms with E-state index in [1.165, 1.54) is 16.4 Å². The minimum absolute atomic E-state index is 0.0264. The zero-order chi connectivity index (χ0) is 22.7. The van der Waals surface area contributed by atoms with Crippen molar-refractivity contribution in [1.29, 1.82) is 0 Å². The molecule has 0 bridgehead atoms. The van der Waals surface area contributed by atoms with Crippen molar-refractivity contribution < 1.29 is 27.5 Å². The topological polar surface area (TPSA) is 125 Å². The van der Waals surface area contributed by atoms with Crippen molar-refractivity contribution in [2.45, 2.75) is 11.4 Å². The van der Waals surface area contributed by atoms with Gasteiger partial charge in [0, 0.05) is 18.8 Å². The number of urea groups is 1. The molecule has 168 valence electrons. The first-order valence-corrected chi connectivity index (χ1v) is 11.5. The molecule has 2 heterocycles. The number of sulfonamides is 1. The van der Waals surface area contributed by atoms with E-state index in [0.29, 0.717) is 24.5 Å².